The lowest BCUT2D eigenvalue weighted by atomic mass is 9.87. The third-order valence-electron chi connectivity index (χ3n) is 7.56. The molecule has 3 aromatic heterocycles. The summed E-state index contributed by atoms with van der Waals surface area (Å²) in [4.78, 5) is 19.0. The van der Waals surface area contributed by atoms with Gasteiger partial charge < -0.3 is 26.0 Å². The largest absolute Gasteiger partial charge is 0.390 e. The highest BCUT2D eigenvalue weighted by atomic mass is 32.1. The van der Waals surface area contributed by atoms with Gasteiger partial charge in [-0.2, -0.15) is 4.98 Å². The summed E-state index contributed by atoms with van der Waals surface area (Å²) in [6.07, 6.45) is 6.57. The number of pyridine rings is 1. The number of rotatable bonds is 8. The van der Waals surface area contributed by atoms with Crippen LogP contribution in [0.3, 0.4) is 0 Å². The topological polar surface area (TPSA) is 136 Å². The van der Waals surface area contributed by atoms with Crippen LogP contribution in [-0.2, 0) is 6.42 Å². The maximum absolute atomic E-state index is 11.5. The SMILES string of the molecule is CCCc1nccc2sc(-c3c(C)nc(NC4CCC4)nc3N[C@@]3(O)CC[C@H](C(C)(C)O)[C@H]3O)nc12. The minimum Gasteiger partial charge on any atom is -0.390 e. The van der Waals surface area contributed by atoms with E-state index in [4.69, 9.17) is 15.0 Å². The Morgan fingerprint density at radius 3 is 2.61 bits per heavy atom. The summed E-state index contributed by atoms with van der Waals surface area (Å²) in [6.45, 7) is 7.36. The number of aryl methyl sites for hydroxylation is 2. The first kappa shape index (κ1) is 25.3. The Morgan fingerprint density at radius 1 is 1.19 bits per heavy atom. The van der Waals surface area contributed by atoms with Gasteiger partial charge in [-0.15, -0.1) is 11.3 Å². The van der Waals surface area contributed by atoms with Crippen molar-refractivity contribution >= 4 is 33.3 Å². The van der Waals surface area contributed by atoms with E-state index in [2.05, 4.69) is 22.5 Å². The molecule has 2 aliphatic rings. The molecular formula is C26H36N6O3S. The highest BCUT2D eigenvalue weighted by Gasteiger charge is 2.52. The van der Waals surface area contributed by atoms with Crippen LogP contribution in [0.5, 0.6) is 0 Å². The van der Waals surface area contributed by atoms with Crippen LogP contribution >= 0.6 is 11.3 Å². The predicted octanol–water partition coefficient (Wildman–Crippen LogP) is 4.02. The zero-order chi connectivity index (χ0) is 25.7. The van der Waals surface area contributed by atoms with Gasteiger partial charge in [0.05, 0.1) is 27.3 Å². The van der Waals surface area contributed by atoms with E-state index in [0.29, 0.717) is 29.8 Å². The Morgan fingerprint density at radius 2 is 1.97 bits per heavy atom. The van der Waals surface area contributed by atoms with Crippen molar-refractivity contribution in [3.05, 3.63) is 23.7 Å². The molecule has 0 amide bonds. The Labute approximate surface area is 215 Å². The van der Waals surface area contributed by atoms with E-state index in [-0.39, 0.29) is 6.42 Å². The maximum atomic E-state index is 11.5. The second-order valence-corrected chi connectivity index (χ2v) is 11.8. The lowest BCUT2D eigenvalue weighted by molar-refractivity contribution is -0.0926. The minimum atomic E-state index is -1.64. The normalized spacial score (nSPS) is 24.8. The van der Waals surface area contributed by atoms with Crippen molar-refractivity contribution < 1.29 is 15.3 Å². The molecule has 0 bridgehead atoms. The predicted molar refractivity (Wildman–Crippen MR) is 142 cm³/mol. The van der Waals surface area contributed by atoms with E-state index in [1.807, 2.05) is 19.2 Å². The molecule has 0 aliphatic heterocycles. The number of nitrogens with zero attached hydrogens (tertiary/aromatic N) is 4. The summed E-state index contributed by atoms with van der Waals surface area (Å²) in [6, 6.07) is 2.31. The fourth-order valence-corrected chi connectivity index (χ4v) is 6.33. The lowest BCUT2D eigenvalue weighted by Crippen LogP contribution is -2.51. The highest BCUT2D eigenvalue weighted by Crippen LogP contribution is 2.43. The average Bonchev–Trinajstić information content (AvgIpc) is 3.32. The fraction of sp³-hybridized carbons (Fsp3) is 0.615. The Balaban J connectivity index is 1.58. The van der Waals surface area contributed by atoms with E-state index >= 15 is 0 Å². The van der Waals surface area contributed by atoms with Crippen LogP contribution in [-0.4, -0.2) is 58.7 Å². The molecule has 194 valence electrons. The third-order valence-corrected chi connectivity index (χ3v) is 8.60. The second kappa shape index (κ2) is 9.48. The number of fused-ring (bicyclic) bond motifs is 1. The molecule has 3 aromatic rings. The van der Waals surface area contributed by atoms with Gasteiger partial charge >= 0.3 is 0 Å². The van der Waals surface area contributed by atoms with E-state index in [1.165, 1.54) is 6.42 Å². The number of hydrogen-bond donors (Lipinski definition) is 5. The Kier molecular flexibility index (Phi) is 6.65. The molecule has 0 aromatic carbocycles. The molecule has 2 aliphatic carbocycles. The van der Waals surface area contributed by atoms with Crippen molar-refractivity contribution in [3.63, 3.8) is 0 Å². The summed E-state index contributed by atoms with van der Waals surface area (Å²) in [5.74, 6) is 0.443. The van der Waals surface area contributed by atoms with Crippen molar-refractivity contribution in [2.45, 2.75) is 96.1 Å². The average molecular weight is 513 g/mol. The van der Waals surface area contributed by atoms with Crippen LogP contribution in [0.15, 0.2) is 12.3 Å². The standard InChI is InChI=1S/C26H36N6O3S/c1-5-7-17-20-18(11-13-27-17)36-23(30-20)19-14(2)28-24(29-15-8-6-9-15)31-22(19)32-26(35)12-10-16(21(26)33)25(3,4)34/h11,13,15-16,21,33-35H,5-10,12H2,1-4H3,(H2,28,29,31,32)/t16-,21+,26+/m0/s1. The molecule has 2 saturated carbocycles. The van der Waals surface area contributed by atoms with Gasteiger partial charge in [0.25, 0.3) is 0 Å². The van der Waals surface area contributed by atoms with Gasteiger partial charge in [-0.25, -0.2) is 9.97 Å². The first-order valence-electron chi connectivity index (χ1n) is 12.9. The summed E-state index contributed by atoms with van der Waals surface area (Å²) >= 11 is 1.54. The van der Waals surface area contributed by atoms with Crippen molar-refractivity contribution in [1.82, 2.24) is 19.9 Å². The number of nitrogens with one attached hydrogen (secondary N) is 2. The zero-order valence-electron chi connectivity index (χ0n) is 21.4. The van der Waals surface area contributed by atoms with Crippen LogP contribution in [0.2, 0.25) is 0 Å². The molecule has 3 heterocycles. The quantitative estimate of drug-likeness (QED) is 0.284. The summed E-state index contributed by atoms with van der Waals surface area (Å²) in [7, 11) is 0. The lowest BCUT2D eigenvalue weighted by Gasteiger charge is -2.35. The molecule has 5 rings (SSSR count). The molecule has 0 saturated heterocycles. The molecular weight excluding hydrogens is 476 g/mol. The molecule has 0 radical (unpaired) electrons. The van der Waals surface area contributed by atoms with Crippen LogP contribution in [0.1, 0.15) is 70.7 Å². The molecule has 0 unspecified atom stereocenters. The van der Waals surface area contributed by atoms with Crippen LogP contribution < -0.4 is 10.6 Å². The molecule has 5 N–H and O–H groups in total. The summed E-state index contributed by atoms with van der Waals surface area (Å²) in [5, 5.41) is 40.4. The molecule has 10 heteroatoms. The second-order valence-electron chi connectivity index (χ2n) is 10.8. The Hall–Kier alpha value is -2.40. The smallest absolute Gasteiger partial charge is 0.225 e. The number of aromatic nitrogens is 4. The van der Waals surface area contributed by atoms with Crippen molar-refractivity contribution in [3.8, 4) is 10.6 Å². The molecule has 36 heavy (non-hydrogen) atoms. The van der Waals surface area contributed by atoms with Gasteiger partial charge in [-0.05, 0) is 65.4 Å². The zero-order valence-corrected chi connectivity index (χ0v) is 22.2. The number of aliphatic hydroxyl groups is 3. The number of thiazole rings is 1. The van der Waals surface area contributed by atoms with Gasteiger partial charge in [0.2, 0.25) is 5.95 Å². The van der Waals surface area contributed by atoms with E-state index in [1.54, 1.807) is 25.2 Å². The number of anilines is 2. The van der Waals surface area contributed by atoms with Crippen LogP contribution in [0.25, 0.3) is 20.8 Å². The van der Waals surface area contributed by atoms with Crippen LogP contribution in [0.4, 0.5) is 11.8 Å². The molecule has 9 nitrogen and oxygen atoms in total. The van der Waals surface area contributed by atoms with Crippen LogP contribution in [0, 0.1) is 12.8 Å². The summed E-state index contributed by atoms with van der Waals surface area (Å²) < 4.78 is 1.03. The van der Waals surface area contributed by atoms with Gasteiger partial charge in [0, 0.05) is 18.2 Å². The molecule has 2 fully saturated rings. The van der Waals surface area contributed by atoms with E-state index < -0.39 is 23.3 Å². The first-order chi connectivity index (χ1) is 17.1. The number of hydrogen-bond acceptors (Lipinski definition) is 10. The van der Waals surface area contributed by atoms with Crippen molar-refractivity contribution in [2.24, 2.45) is 5.92 Å². The highest BCUT2D eigenvalue weighted by molar-refractivity contribution is 7.21. The summed E-state index contributed by atoms with van der Waals surface area (Å²) in [5.41, 5.74) is 0.510. The van der Waals surface area contributed by atoms with E-state index in [9.17, 15) is 15.3 Å². The Bertz CT molecular complexity index is 1250. The third kappa shape index (κ3) is 4.67. The van der Waals surface area contributed by atoms with Crippen molar-refractivity contribution in [1.29, 1.82) is 0 Å². The van der Waals surface area contributed by atoms with Gasteiger partial charge in [0.1, 0.15) is 22.4 Å². The molecule has 3 atom stereocenters. The first-order valence-corrected chi connectivity index (χ1v) is 13.7. The van der Waals surface area contributed by atoms with Gasteiger partial charge in [0.15, 0.2) is 5.72 Å². The maximum Gasteiger partial charge on any atom is 0.225 e. The minimum absolute atomic E-state index is 0.279. The molecule has 0 spiro atoms. The number of aliphatic hydroxyl groups excluding tert-OH is 1. The van der Waals surface area contributed by atoms with E-state index in [0.717, 1.165) is 52.3 Å². The van der Waals surface area contributed by atoms with Gasteiger partial charge in [-0.1, -0.05) is 13.3 Å². The fourth-order valence-electron chi connectivity index (χ4n) is 5.25. The van der Waals surface area contributed by atoms with Crippen molar-refractivity contribution in [2.75, 3.05) is 10.6 Å². The monoisotopic (exact) mass is 512 g/mol. The van der Waals surface area contributed by atoms with Gasteiger partial charge in [-0.3, -0.25) is 4.98 Å².